The molecule has 0 aliphatic carbocycles. The summed E-state index contributed by atoms with van der Waals surface area (Å²) < 4.78 is 5.04. The molecule has 0 aromatic heterocycles. The highest BCUT2D eigenvalue weighted by molar-refractivity contribution is 7.98. The van der Waals surface area contributed by atoms with Crippen molar-refractivity contribution in [1.82, 2.24) is 5.32 Å². The summed E-state index contributed by atoms with van der Waals surface area (Å²) in [7, 11) is 0. The largest absolute Gasteiger partial charge is 0.456 e. The number of ketones is 1. The summed E-state index contributed by atoms with van der Waals surface area (Å²) in [5.74, 6) is -1.79. The fourth-order valence-electron chi connectivity index (χ4n) is 2.44. The molecule has 2 aromatic carbocycles. The maximum atomic E-state index is 12.4. The number of esters is 1. The monoisotopic (exact) mass is 414 g/mol. The molecule has 0 aliphatic rings. The van der Waals surface area contributed by atoms with Crippen LogP contribution in [0.3, 0.4) is 0 Å². The van der Waals surface area contributed by atoms with Gasteiger partial charge in [0.2, 0.25) is 5.91 Å². The molecule has 29 heavy (non-hydrogen) atoms. The minimum Gasteiger partial charge on any atom is -0.456 e. The van der Waals surface area contributed by atoms with Gasteiger partial charge in [-0.2, -0.15) is 0 Å². The Kier molecular flexibility index (Phi) is 7.97. The van der Waals surface area contributed by atoms with Crippen LogP contribution >= 0.6 is 11.8 Å². The number of carbonyl (C=O) groups is 4. The summed E-state index contributed by atoms with van der Waals surface area (Å²) in [5, 5.41) is 5.20. The topological polar surface area (TPSA) is 102 Å². The highest BCUT2D eigenvalue weighted by Gasteiger charge is 2.20. The van der Waals surface area contributed by atoms with E-state index in [0.717, 1.165) is 4.90 Å². The highest BCUT2D eigenvalue weighted by atomic mass is 32.2. The van der Waals surface area contributed by atoms with Crippen LogP contribution in [-0.4, -0.2) is 42.5 Å². The van der Waals surface area contributed by atoms with Crippen LogP contribution < -0.4 is 10.6 Å². The molecule has 2 rings (SSSR count). The Morgan fingerprint density at radius 1 is 1.03 bits per heavy atom. The first-order valence-corrected chi connectivity index (χ1v) is 10.1. The first-order valence-electron chi connectivity index (χ1n) is 8.83. The fourth-order valence-corrected chi connectivity index (χ4v) is 2.98. The van der Waals surface area contributed by atoms with Gasteiger partial charge in [-0.25, -0.2) is 4.79 Å². The van der Waals surface area contributed by atoms with Gasteiger partial charge in [-0.3, -0.25) is 14.4 Å². The molecule has 0 saturated carbocycles. The zero-order chi connectivity index (χ0) is 21.4. The molecule has 2 N–H and O–H groups in total. The SMILES string of the molecule is CSc1ccc(C(=O)COC(=O)[C@H](C)NC(=O)c2ccccc2)cc1NC(C)=O. The first-order chi connectivity index (χ1) is 13.8. The van der Waals surface area contributed by atoms with Crippen LogP contribution in [0, 0.1) is 0 Å². The number of thioether (sulfide) groups is 1. The zero-order valence-corrected chi connectivity index (χ0v) is 17.2. The molecule has 152 valence electrons. The van der Waals surface area contributed by atoms with Gasteiger partial charge in [0.05, 0.1) is 5.69 Å². The quantitative estimate of drug-likeness (QED) is 0.391. The lowest BCUT2D eigenvalue weighted by atomic mass is 10.1. The van der Waals surface area contributed by atoms with E-state index >= 15 is 0 Å². The van der Waals surface area contributed by atoms with E-state index in [1.807, 2.05) is 6.26 Å². The molecule has 2 aromatic rings. The number of nitrogens with one attached hydrogen (secondary N) is 2. The van der Waals surface area contributed by atoms with Crippen LogP contribution in [0.4, 0.5) is 5.69 Å². The number of carbonyl (C=O) groups excluding carboxylic acids is 4. The molecular weight excluding hydrogens is 392 g/mol. The molecule has 7 nitrogen and oxygen atoms in total. The lowest BCUT2D eigenvalue weighted by Crippen LogP contribution is -2.40. The summed E-state index contributed by atoms with van der Waals surface area (Å²) >= 11 is 1.43. The van der Waals surface area contributed by atoms with Crippen molar-refractivity contribution in [1.29, 1.82) is 0 Å². The number of benzene rings is 2. The van der Waals surface area contributed by atoms with Crippen molar-refractivity contribution in [2.75, 3.05) is 18.2 Å². The third kappa shape index (κ3) is 6.46. The fraction of sp³-hybridized carbons (Fsp3) is 0.238. The Bertz CT molecular complexity index is 915. The molecule has 0 unspecified atom stereocenters. The van der Waals surface area contributed by atoms with E-state index in [4.69, 9.17) is 4.74 Å². The Labute approximate surface area is 173 Å². The second-order valence-corrected chi connectivity index (χ2v) is 7.04. The Balaban J connectivity index is 1.94. The third-order valence-corrected chi connectivity index (χ3v) is 4.71. The molecule has 0 aliphatic heterocycles. The Hall–Kier alpha value is -3.13. The predicted octanol–water partition coefficient (Wildman–Crippen LogP) is 2.91. The summed E-state index contributed by atoms with van der Waals surface area (Å²) in [6.45, 7) is 2.39. The van der Waals surface area contributed by atoms with Gasteiger partial charge in [-0.1, -0.05) is 24.3 Å². The van der Waals surface area contributed by atoms with Crippen molar-refractivity contribution in [3.8, 4) is 0 Å². The van der Waals surface area contributed by atoms with Crippen molar-refractivity contribution in [3.05, 3.63) is 59.7 Å². The summed E-state index contributed by atoms with van der Waals surface area (Å²) in [5.41, 5.74) is 1.24. The minimum atomic E-state index is -0.913. The number of rotatable bonds is 8. The van der Waals surface area contributed by atoms with E-state index in [1.165, 1.54) is 25.6 Å². The van der Waals surface area contributed by atoms with Gasteiger partial charge in [-0.15, -0.1) is 11.8 Å². The zero-order valence-electron chi connectivity index (χ0n) is 16.4. The maximum absolute atomic E-state index is 12.4. The highest BCUT2D eigenvalue weighted by Crippen LogP contribution is 2.26. The second kappa shape index (κ2) is 10.4. The van der Waals surface area contributed by atoms with Crippen LogP contribution in [-0.2, 0) is 14.3 Å². The molecular formula is C21H22N2O5S. The van der Waals surface area contributed by atoms with Crippen molar-refractivity contribution < 1.29 is 23.9 Å². The normalized spacial score (nSPS) is 11.3. The van der Waals surface area contributed by atoms with Crippen LogP contribution in [0.2, 0.25) is 0 Å². The molecule has 0 saturated heterocycles. The standard InChI is InChI=1S/C21H22N2O5S/c1-13(22-20(26)15-7-5-4-6-8-15)21(27)28-12-18(25)16-9-10-19(29-3)17(11-16)23-14(2)24/h4-11,13H,12H2,1-3H3,(H,22,26)(H,23,24)/t13-/m0/s1. The molecule has 8 heteroatoms. The van der Waals surface area contributed by atoms with Crippen LogP contribution in [0.1, 0.15) is 34.6 Å². The maximum Gasteiger partial charge on any atom is 0.328 e. The van der Waals surface area contributed by atoms with E-state index in [0.29, 0.717) is 16.8 Å². The van der Waals surface area contributed by atoms with E-state index in [9.17, 15) is 19.2 Å². The number of amides is 2. The molecule has 0 bridgehead atoms. The number of Topliss-reactive ketones (excluding diaryl/α,β-unsaturated/α-hetero) is 1. The van der Waals surface area contributed by atoms with Crippen LogP contribution in [0.15, 0.2) is 53.4 Å². The molecule has 2 amide bonds. The third-order valence-electron chi connectivity index (χ3n) is 3.91. The molecule has 1 atom stereocenters. The van der Waals surface area contributed by atoms with Crippen molar-refractivity contribution in [2.45, 2.75) is 24.8 Å². The summed E-state index contributed by atoms with van der Waals surface area (Å²) in [4.78, 5) is 48.7. The van der Waals surface area contributed by atoms with Gasteiger partial charge < -0.3 is 15.4 Å². The molecule has 0 heterocycles. The lowest BCUT2D eigenvalue weighted by molar-refractivity contribution is -0.144. The van der Waals surface area contributed by atoms with Crippen molar-refractivity contribution in [2.24, 2.45) is 0 Å². The van der Waals surface area contributed by atoms with Crippen LogP contribution in [0.25, 0.3) is 0 Å². The van der Waals surface area contributed by atoms with Crippen LogP contribution in [0.5, 0.6) is 0 Å². The van der Waals surface area contributed by atoms with E-state index < -0.39 is 30.3 Å². The lowest BCUT2D eigenvalue weighted by Gasteiger charge is -2.14. The van der Waals surface area contributed by atoms with Crippen molar-refractivity contribution in [3.63, 3.8) is 0 Å². The smallest absolute Gasteiger partial charge is 0.328 e. The first kappa shape index (κ1) is 22.2. The van der Waals surface area contributed by atoms with E-state index in [-0.39, 0.29) is 5.91 Å². The molecule has 0 spiro atoms. The van der Waals surface area contributed by atoms with Gasteiger partial charge in [-0.05, 0) is 37.4 Å². The number of hydrogen-bond acceptors (Lipinski definition) is 6. The number of ether oxygens (including phenoxy) is 1. The van der Waals surface area contributed by atoms with Gasteiger partial charge in [0, 0.05) is 22.9 Å². The number of hydrogen-bond donors (Lipinski definition) is 2. The average Bonchev–Trinajstić information content (AvgIpc) is 2.71. The summed E-state index contributed by atoms with van der Waals surface area (Å²) in [6, 6.07) is 12.4. The second-order valence-electron chi connectivity index (χ2n) is 6.19. The van der Waals surface area contributed by atoms with Crippen molar-refractivity contribution >= 4 is 41.0 Å². The minimum absolute atomic E-state index is 0.251. The van der Waals surface area contributed by atoms with Gasteiger partial charge in [0.1, 0.15) is 6.04 Å². The Morgan fingerprint density at radius 3 is 2.34 bits per heavy atom. The Morgan fingerprint density at radius 2 is 1.72 bits per heavy atom. The van der Waals surface area contributed by atoms with E-state index in [1.54, 1.807) is 48.5 Å². The summed E-state index contributed by atoms with van der Waals surface area (Å²) in [6.07, 6.45) is 1.86. The van der Waals surface area contributed by atoms with Gasteiger partial charge in [0.25, 0.3) is 5.91 Å². The molecule has 0 fully saturated rings. The predicted molar refractivity (Wildman–Crippen MR) is 111 cm³/mol. The van der Waals surface area contributed by atoms with Gasteiger partial charge in [0.15, 0.2) is 12.4 Å². The van der Waals surface area contributed by atoms with E-state index in [2.05, 4.69) is 10.6 Å². The number of anilines is 1. The molecule has 0 radical (unpaired) electrons. The van der Waals surface area contributed by atoms with Gasteiger partial charge >= 0.3 is 5.97 Å². The average molecular weight is 414 g/mol.